The molecule has 4 aliphatic heterocycles. The van der Waals surface area contributed by atoms with E-state index in [1.807, 2.05) is 27.9 Å². The first-order valence-electron chi connectivity index (χ1n) is 20.8. The van der Waals surface area contributed by atoms with Crippen LogP contribution in [0.4, 0.5) is 20.2 Å². The molecule has 316 valence electrons. The van der Waals surface area contributed by atoms with Crippen molar-refractivity contribution in [1.29, 1.82) is 5.26 Å². The Balaban J connectivity index is 0.778. The van der Waals surface area contributed by atoms with Gasteiger partial charge >= 0.3 is 0 Å². The molecule has 0 bridgehead atoms. The van der Waals surface area contributed by atoms with Crippen molar-refractivity contribution in [3.8, 4) is 6.07 Å². The Hall–Kier alpha value is -6.25. The zero-order valence-corrected chi connectivity index (χ0v) is 33.9. The first kappa shape index (κ1) is 40.2. The Labute approximate surface area is 349 Å². The molecule has 0 unspecified atom stereocenters. The van der Waals surface area contributed by atoms with Gasteiger partial charge in [-0.05, 0) is 88.4 Å². The normalized spacial score (nSPS) is 19.9. The number of halogens is 2. The topological polar surface area (TPSA) is 181 Å². The average Bonchev–Trinajstić information content (AvgIpc) is 3.84. The highest BCUT2D eigenvalue weighted by Crippen LogP contribution is 2.37. The van der Waals surface area contributed by atoms with E-state index in [1.165, 1.54) is 22.8 Å². The number of aliphatic hydroxyl groups is 1. The Kier molecular flexibility index (Phi) is 10.3. The van der Waals surface area contributed by atoms with Crippen molar-refractivity contribution in [2.45, 2.75) is 76.0 Å². The lowest BCUT2D eigenvalue weighted by Crippen LogP contribution is -2.57. The lowest BCUT2D eigenvalue weighted by molar-refractivity contribution is -0.138. The maximum atomic E-state index is 15.1. The van der Waals surface area contributed by atoms with Gasteiger partial charge in [0.05, 0.1) is 46.3 Å². The number of fused-ring (bicyclic) bond motifs is 2. The van der Waals surface area contributed by atoms with E-state index < -0.39 is 40.9 Å². The van der Waals surface area contributed by atoms with E-state index in [-0.39, 0.29) is 42.0 Å². The first-order chi connectivity index (χ1) is 29.2. The van der Waals surface area contributed by atoms with E-state index in [4.69, 9.17) is 5.10 Å². The van der Waals surface area contributed by atoms with Gasteiger partial charge in [0.15, 0.2) is 0 Å². The largest absolute Gasteiger partial charge is 0.386 e. The number of carbonyl (C=O) groups excluding carboxylic acids is 4. The van der Waals surface area contributed by atoms with Crippen molar-refractivity contribution >= 4 is 51.4 Å². The summed E-state index contributed by atoms with van der Waals surface area (Å²) >= 11 is 0. The molecule has 0 aliphatic carbocycles. The number of benzene rings is 2. The quantitative estimate of drug-likeness (QED) is 0.187. The zero-order chi connectivity index (χ0) is 42.7. The van der Waals surface area contributed by atoms with Gasteiger partial charge in [-0.1, -0.05) is 0 Å². The van der Waals surface area contributed by atoms with Crippen molar-refractivity contribution < 1.29 is 33.1 Å². The molecule has 4 fully saturated rings. The number of anilines is 2. The molecule has 17 heteroatoms. The van der Waals surface area contributed by atoms with Gasteiger partial charge in [-0.25, -0.2) is 13.3 Å². The van der Waals surface area contributed by atoms with Gasteiger partial charge in [0.2, 0.25) is 17.7 Å². The lowest BCUT2D eigenvalue weighted by Gasteiger charge is -2.45. The fourth-order valence-corrected chi connectivity index (χ4v) is 9.43. The maximum Gasteiger partial charge on any atom is 0.274 e. The fraction of sp³-hybridized carbons (Fsp3) is 0.432. The van der Waals surface area contributed by atoms with E-state index in [2.05, 4.69) is 26.7 Å². The minimum absolute atomic E-state index is 0.0217. The van der Waals surface area contributed by atoms with Crippen LogP contribution in [0.3, 0.4) is 0 Å². The number of likely N-dealkylation sites (tertiary alicyclic amines) is 2. The minimum atomic E-state index is -1.28. The number of nitriles is 1. The zero-order valence-electron chi connectivity index (χ0n) is 33.9. The molecule has 3 aromatic heterocycles. The van der Waals surface area contributed by atoms with Crippen LogP contribution in [0.1, 0.15) is 91.5 Å². The van der Waals surface area contributed by atoms with Crippen LogP contribution < -0.4 is 15.5 Å². The summed E-state index contributed by atoms with van der Waals surface area (Å²) in [5, 5.41) is 35.5. The molecule has 4 saturated heterocycles. The minimum Gasteiger partial charge on any atom is -0.386 e. The van der Waals surface area contributed by atoms with Gasteiger partial charge in [0, 0.05) is 85.8 Å². The molecule has 4 amide bonds. The Morgan fingerprint density at radius 2 is 1.66 bits per heavy atom. The molecular formula is C44H46F2N10O5. The van der Waals surface area contributed by atoms with Gasteiger partial charge in [-0.3, -0.25) is 29.2 Å². The molecule has 0 spiro atoms. The molecule has 1 atom stereocenters. The maximum absolute atomic E-state index is 15.1. The lowest BCUT2D eigenvalue weighted by atomic mass is 9.89. The van der Waals surface area contributed by atoms with Crippen LogP contribution in [-0.4, -0.2) is 103 Å². The van der Waals surface area contributed by atoms with Crippen LogP contribution in [-0.2, 0) is 20.0 Å². The first-order valence-corrected chi connectivity index (χ1v) is 20.8. The van der Waals surface area contributed by atoms with Gasteiger partial charge in [0.25, 0.3) is 5.91 Å². The molecule has 9 rings (SSSR count). The number of imide groups is 1. The Bertz CT molecular complexity index is 2600. The van der Waals surface area contributed by atoms with Crippen LogP contribution in [0.2, 0.25) is 0 Å². The molecule has 3 N–H and O–H groups in total. The SMILES string of the molecule is CC(C)(O)c1cc2nn(C3CCN(C4CCN(C(=O)C5CN(c6cc(F)c([C@H]7CCC(=O)NC7=O)c(F)c6)C5)CC4)CC3)cc2cc1NC(=O)c1ccc2cc(C#N)cnn12. The number of piperidine rings is 3. The van der Waals surface area contributed by atoms with Crippen LogP contribution in [0.5, 0.6) is 0 Å². The van der Waals surface area contributed by atoms with E-state index in [0.717, 1.165) is 44.2 Å². The van der Waals surface area contributed by atoms with Crippen molar-refractivity contribution in [3.63, 3.8) is 0 Å². The number of rotatable bonds is 8. The number of hydrogen-bond acceptors (Lipinski definition) is 10. The fourth-order valence-electron chi connectivity index (χ4n) is 9.43. The summed E-state index contributed by atoms with van der Waals surface area (Å²) in [6.07, 6.45) is 6.98. The van der Waals surface area contributed by atoms with Crippen LogP contribution >= 0.6 is 0 Å². The number of amides is 4. The second kappa shape index (κ2) is 15.7. The third kappa shape index (κ3) is 7.70. The monoisotopic (exact) mass is 832 g/mol. The predicted octanol–water partition coefficient (Wildman–Crippen LogP) is 4.60. The van der Waals surface area contributed by atoms with Gasteiger partial charge in [0.1, 0.15) is 23.4 Å². The van der Waals surface area contributed by atoms with Crippen molar-refractivity contribution in [2.75, 3.05) is 49.5 Å². The van der Waals surface area contributed by atoms with Crippen molar-refractivity contribution in [3.05, 3.63) is 88.9 Å². The third-order valence-corrected chi connectivity index (χ3v) is 12.8. The molecule has 2 aromatic carbocycles. The number of hydrogen-bond donors (Lipinski definition) is 3. The summed E-state index contributed by atoms with van der Waals surface area (Å²) in [5.74, 6) is -4.49. The molecule has 0 radical (unpaired) electrons. The van der Waals surface area contributed by atoms with Crippen molar-refractivity contribution in [1.82, 2.24) is 34.5 Å². The Morgan fingerprint density at radius 1 is 0.951 bits per heavy atom. The molecule has 7 heterocycles. The van der Waals surface area contributed by atoms with Crippen LogP contribution in [0, 0.1) is 28.9 Å². The molecule has 0 saturated carbocycles. The molecule has 15 nitrogen and oxygen atoms in total. The number of nitrogens with one attached hydrogen (secondary N) is 2. The smallest absolute Gasteiger partial charge is 0.274 e. The number of carbonyl (C=O) groups is 4. The average molecular weight is 833 g/mol. The third-order valence-electron chi connectivity index (χ3n) is 12.8. The van der Waals surface area contributed by atoms with Gasteiger partial charge < -0.3 is 25.1 Å². The predicted molar refractivity (Wildman–Crippen MR) is 219 cm³/mol. The number of nitrogens with zero attached hydrogens (tertiary/aromatic N) is 8. The van der Waals surface area contributed by atoms with Gasteiger partial charge in [-0.2, -0.15) is 15.5 Å². The van der Waals surface area contributed by atoms with E-state index in [9.17, 15) is 29.5 Å². The molecule has 5 aromatic rings. The summed E-state index contributed by atoms with van der Waals surface area (Å²) in [4.78, 5) is 56.9. The molecular weight excluding hydrogens is 787 g/mol. The highest BCUT2D eigenvalue weighted by Gasteiger charge is 2.39. The summed E-state index contributed by atoms with van der Waals surface area (Å²) in [7, 11) is 0. The van der Waals surface area contributed by atoms with E-state index >= 15 is 8.78 Å². The van der Waals surface area contributed by atoms with E-state index in [0.29, 0.717) is 65.8 Å². The molecule has 4 aliphatic rings. The van der Waals surface area contributed by atoms with Crippen LogP contribution in [0.15, 0.2) is 54.9 Å². The second-order valence-corrected chi connectivity index (χ2v) is 17.2. The summed E-state index contributed by atoms with van der Waals surface area (Å²) in [5.41, 5.74) is 1.72. The van der Waals surface area contributed by atoms with E-state index in [1.54, 1.807) is 36.9 Å². The summed E-state index contributed by atoms with van der Waals surface area (Å²) < 4.78 is 33.7. The summed E-state index contributed by atoms with van der Waals surface area (Å²) in [6.45, 7) is 7.11. The Morgan fingerprint density at radius 3 is 2.33 bits per heavy atom. The highest BCUT2D eigenvalue weighted by molar-refractivity contribution is 6.05. The number of aromatic nitrogens is 4. The second-order valence-electron chi connectivity index (χ2n) is 17.2. The van der Waals surface area contributed by atoms with Gasteiger partial charge in [-0.15, -0.1) is 0 Å². The standard InChI is InChI=1S/C44H46F2N10O5/c1-44(2,61)33-19-36-26(16-37(33)49-42(59)38-5-3-30-15-25(20-47)21-48-56(30)38)24-55(51-36)29-9-11-52(12-10-29)28-7-13-53(14-8-28)43(60)27-22-54(23-27)31-17-34(45)40(35(46)18-31)32-4-6-39(57)50-41(32)58/h3,5,15-19,21,24,27-29,32,61H,4,6-14,22-23H2,1-2H3,(H,49,59)(H,50,57,58)/t32-/m1/s1. The summed E-state index contributed by atoms with van der Waals surface area (Å²) in [6, 6.07) is 13.7. The van der Waals surface area contributed by atoms with Crippen LogP contribution in [0.25, 0.3) is 16.4 Å². The van der Waals surface area contributed by atoms with Crippen molar-refractivity contribution in [2.24, 2.45) is 5.92 Å². The molecule has 61 heavy (non-hydrogen) atoms. The highest BCUT2D eigenvalue weighted by atomic mass is 19.1.